The van der Waals surface area contributed by atoms with E-state index in [1.807, 2.05) is 6.07 Å². The number of benzene rings is 2. The molecule has 0 aliphatic carbocycles. The van der Waals surface area contributed by atoms with Gasteiger partial charge in [0, 0.05) is 23.8 Å². The monoisotopic (exact) mass is 319 g/mol. The van der Waals surface area contributed by atoms with Crippen LogP contribution >= 0.6 is 15.9 Å². The fourth-order valence-electron chi connectivity index (χ4n) is 2.00. The van der Waals surface area contributed by atoms with Gasteiger partial charge in [-0.3, -0.25) is 0 Å². The molecule has 0 saturated carbocycles. The summed E-state index contributed by atoms with van der Waals surface area (Å²) < 4.78 is 6.32. The van der Waals surface area contributed by atoms with E-state index in [2.05, 4.69) is 64.6 Å². The highest BCUT2D eigenvalue weighted by molar-refractivity contribution is 9.10. The third-order valence-corrected chi connectivity index (χ3v) is 3.58. The number of rotatable bonds is 5. The molecule has 0 aromatic heterocycles. The van der Waals surface area contributed by atoms with Crippen LogP contribution in [0.1, 0.15) is 16.7 Å². The van der Waals surface area contributed by atoms with E-state index in [0.717, 1.165) is 16.7 Å². The van der Waals surface area contributed by atoms with Gasteiger partial charge in [0.25, 0.3) is 0 Å². The largest absolute Gasteiger partial charge is 0.381 e. The second-order valence-electron chi connectivity index (χ2n) is 4.51. The van der Waals surface area contributed by atoms with Gasteiger partial charge in [0.05, 0.1) is 6.61 Å². The summed E-state index contributed by atoms with van der Waals surface area (Å²) in [5, 5.41) is 3.48. The number of hydrogen-bond acceptors (Lipinski definition) is 2. The van der Waals surface area contributed by atoms with Gasteiger partial charge in [-0.05, 0) is 35.7 Å². The molecule has 0 bridgehead atoms. The molecule has 0 spiro atoms. The summed E-state index contributed by atoms with van der Waals surface area (Å²) in [6.07, 6.45) is 0. The van der Waals surface area contributed by atoms with Gasteiger partial charge < -0.3 is 10.1 Å². The zero-order valence-electron chi connectivity index (χ0n) is 11.2. The average Bonchev–Trinajstić information content (AvgIpc) is 2.42. The Bertz CT molecular complexity index is 554. The van der Waals surface area contributed by atoms with E-state index in [9.17, 15) is 0 Å². The lowest BCUT2D eigenvalue weighted by atomic mass is 10.1. The Morgan fingerprint density at radius 1 is 1.11 bits per heavy atom. The van der Waals surface area contributed by atoms with Gasteiger partial charge in [0.2, 0.25) is 0 Å². The molecule has 19 heavy (non-hydrogen) atoms. The Morgan fingerprint density at radius 3 is 2.58 bits per heavy atom. The molecule has 0 fully saturated rings. The number of methoxy groups -OCH3 is 1. The van der Waals surface area contributed by atoms with E-state index in [-0.39, 0.29) is 0 Å². The van der Waals surface area contributed by atoms with Crippen LogP contribution in [0.2, 0.25) is 0 Å². The van der Waals surface area contributed by atoms with Gasteiger partial charge in [0.15, 0.2) is 0 Å². The smallest absolute Gasteiger partial charge is 0.0716 e. The van der Waals surface area contributed by atoms with Crippen molar-refractivity contribution < 1.29 is 4.74 Å². The molecule has 0 saturated heterocycles. The van der Waals surface area contributed by atoms with Gasteiger partial charge in [-0.25, -0.2) is 0 Å². The molecule has 0 unspecified atom stereocenters. The molecule has 2 aromatic rings. The van der Waals surface area contributed by atoms with Crippen LogP contribution in [0.15, 0.2) is 46.9 Å². The maximum absolute atomic E-state index is 5.23. The summed E-state index contributed by atoms with van der Waals surface area (Å²) >= 11 is 3.50. The maximum atomic E-state index is 5.23. The Balaban J connectivity index is 2.12. The number of halogens is 1. The highest BCUT2D eigenvalue weighted by atomic mass is 79.9. The predicted octanol–water partition coefficient (Wildman–Crippen LogP) is 4.52. The number of aryl methyl sites for hydroxylation is 1. The number of nitrogens with one attached hydrogen (secondary N) is 1. The van der Waals surface area contributed by atoms with Crippen LogP contribution in [0.3, 0.4) is 0 Å². The normalized spacial score (nSPS) is 10.5. The Labute approximate surface area is 122 Å². The lowest BCUT2D eigenvalue weighted by Gasteiger charge is -2.13. The van der Waals surface area contributed by atoms with Crippen LogP contribution in [-0.4, -0.2) is 7.11 Å². The summed E-state index contributed by atoms with van der Waals surface area (Å²) in [5.74, 6) is 0. The molecule has 0 radical (unpaired) electrons. The van der Waals surface area contributed by atoms with Gasteiger partial charge in [-0.1, -0.05) is 46.3 Å². The number of hydrogen-bond donors (Lipinski definition) is 1. The van der Waals surface area contributed by atoms with Crippen LogP contribution < -0.4 is 5.32 Å². The summed E-state index contributed by atoms with van der Waals surface area (Å²) in [4.78, 5) is 0. The quantitative estimate of drug-likeness (QED) is 0.875. The predicted molar refractivity (Wildman–Crippen MR) is 83.4 cm³/mol. The molecular weight excluding hydrogens is 302 g/mol. The van der Waals surface area contributed by atoms with Crippen molar-refractivity contribution in [1.82, 2.24) is 0 Å². The van der Waals surface area contributed by atoms with Gasteiger partial charge in [-0.15, -0.1) is 0 Å². The third-order valence-electron chi connectivity index (χ3n) is 3.09. The van der Waals surface area contributed by atoms with Crippen LogP contribution in [-0.2, 0) is 17.9 Å². The van der Waals surface area contributed by atoms with Crippen molar-refractivity contribution in [2.45, 2.75) is 20.1 Å². The Kier molecular flexibility index (Phi) is 5.00. The third kappa shape index (κ3) is 3.82. The molecule has 2 rings (SSSR count). The lowest BCUT2D eigenvalue weighted by molar-refractivity contribution is 0.184. The SMILES string of the molecule is COCc1ccccc1CNc1cc(Br)ccc1C. The van der Waals surface area contributed by atoms with E-state index in [0.29, 0.717) is 6.61 Å². The van der Waals surface area contributed by atoms with Crippen molar-refractivity contribution >= 4 is 21.6 Å². The van der Waals surface area contributed by atoms with Crippen LogP contribution in [0.5, 0.6) is 0 Å². The minimum atomic E-state index is 0.648. The van der Waals surface area contributed by atoms with E-state index < -0.39 is 0 Å². The summed E-state index contributed by atoms with van der Waals surface area (Å²) in [5.41, 5.74) is 4.89. The van der Waals surface area contributed by atoms with Crippen LogP contribution in [0.4, 0.5) is 5.69 Å². The van der Waals surface area contributed by atoms with Crippen molar-refractivity contribution in [3.63, 3.8) is 0 Å². The summed E-state index contributed by atoms with van der Waals surface area (Å²) in [6, 6.07) is 14.6. The highest BCUT2D eigenvalue weighted by Gasteiger charge is 2.03. The minimum Gasteiger partial charge on any atom is -0.381 e. The van der Waals surface area contributed by atoms with Crippen molar-refractivity contribution in [3.8, 4) is 0 Å². The molecule has 0 aliphatic heterocycles. The molecule has 2 aromatic carbocycles. The van der Waals surface area contributed by atoms with E-state index in [1.54, 1.807) is 7.11 Å². The average molecular weight is 320 g/mol. The Hall–Kier alpha value is -1.32. The topological polar surface area (TPSA) is 21.3 Å². The minimum absolute atomic E-state index is 0.648. The number of anilines is 1. The van der Waals surface area contributed by atoms with Crippen LogP contribution in [0, 0.1) is 6.92 Å². The summed E-state index contributed by atoms with van der Waals surface area (Å²) in [6.45, 7) is 3.56. The second-order valence-corrected chi connectivity index (χ2v) is 5.43. The van der Waals surface area contributed by atoms with Gasteiger partial charge >= 0.3 is 0 Å². The maximum Gasteiger partial charge on any atom is 0.0716 e. The van der Waals surface area contributed by atoms with Crippen molar-refractivity contribution in [2.24, 2.45) is 0 Å². The van der Waals surface area contributed by atoms with Crippen molar-refractivity contribution in [2.75, 3.05) is 12.4 Å². The molecule has 1 N–H and O–H groups in total. The number of ether oxygens (including phenoxy) is 1. The lowest BCUT2D eigenvalue weighted by Crippen LogP contribution is -2.04. The molecule has 100 valence electrons. The fourth-order valence-corrected chi connectivity index (χ4v) is 2.36. The first-order valence-corrected chi connectivity index (χ1v) is 7.05. The zero-order valence-corrected chi connectivity index (χ0v) is 12.8. The molecular formula is C16H18BrNO. The molecule has 0 atom stereocenters. The van der Waals surface area contributed by atoms with E-state index in [1.165, 1.54) is 16.7 Å². The second kappa shape index (κ2) is 6.73. The van der Waals surface area contributed by atoms with Crippen molar-refractivity contribution in [1.29, 1.82) is 0 Å². The van der Waals surface area contributed by atoms with Crippen molar-refractivity contribution in [3.05, 3.63) is 63.6 Å². The van der Waals surface area contributed by atoms with E-state index >= 15 is 0 Å². The van der Waals surface area contributed by atoms with E-state index in [4.69, 9.17) is 4.74 Å². The molecule has 0 aliphatic rings. The molecule has 0 amide bonds. The first kappa shape index (κ1) is 14.1. The van der Waals surface area contributed by atoms with Crippen LogP contribution in [0.25, 0.3) is 0 Å². The standard InChI is InChI=1S/C16H18BrNO/c1-12-7-8-15(17)9-16(12)18-10-13-5-3-4-6-14(13)11-19-2/h3-9,18H,10-11H2,1-2H3. The first-order valence-electron chi connectivity index (χ1n) is 6.26. The molecule has 0 heterocycles. The van der Waals surface area contributed by atoms with Gasteiger partial charge in [-0.2, -0.15) is 0 Å². The zero-order chi connectivity index (χ0) is 13.7. The first-order chi connectivity index (χ1) is 9.20. The van der Waals surface area contributed by atoms with Gasteiger partial charge in [0.1, 0.15) is 0 Å². The Morgan fingerprint density at radius 2 is 1.84 bits per heavy atom. The fraction of sp³-hybridized carbons (Fsp3) is 0.250. The summed E-state index contributed by atoms with van der Waals surface area (Å²) in [7, 11) is 1.72. The highest BCUT2D eigenvalue weighted by Crippen LogP contribution is 2.22. The molecule has 2 nitrogen and oxygen atoms in total. The molecule has 3 heteroatoms.